The van der Waals surface area contributed by atoms with Gasteiger partial charge in [-0.15, -0.1) is 0 Å². The maximum absolute atomic E-state index is 11.5. The minimum absolute atomic E-state index is 0.273. The lowest BCUT2D eigenvalue weighted by Crippen LogP contribution is -2.26. The van der Waals surface area contributed by atoms with Crippen LogP contribution in [0.3, 0.4) is 0 Å². The number of carbonyl (C=O) groups is 1. The van der Waals surface area contributed by atoms with Gasteiger partial charge in [0.2, 0.25) is 0 Å². The van der Waals surface area contributed by atoms with E-state index in [4.69, 9.17) is 4.74 Å². The van der Waals surface area contributed by atoms with Crippen molar-refractivity contribution >= 4 is 5.97 Å². The normalized spacial score (nSPS) is 19.3. The van der Waals surface area contributed by atoms with Crippen LogP contribution in [0.4, 0.5) is 0 Å². The van der Waals surface area contributed by atoms with Gasteiger partial charge in [-0.05, 0) is 31.4 Å². The van der Waals surface area contributed by atoms with E-state index in [1.165, 1.54) is 5.56 Å². The second kappa shape index (κ2) is 6.53. The standard InChI is InChI=1S/C16H21NO2/c1-3-19-16(18)13(2)11-17-10-9-15(12-17)14-7-5-4-6-8-14/h4-8,15H,2-3,9-12H2,1H3. The average Bonchev–Trinajstić information content (AvgIpc) is 2.88. The molecule has 0 aromatic heterocycles. The van der Waals surface area contributed by atoms with E-state index in [1.807, 2.05) is 13.0 Å². The second-order valence-corrected chi connectivity index (χ2v) is 4.96. The van der Waals surface area contributed by atoms with Crippen LogP contribution in [0.1, 0.15) is 24.8 Å². The third-order valence-electron chi connectivity index (χ3n) is 3.52. The first-order valence-electron chi connectivity index (χ1n) is 6.83. The molecule has 1 fully saturated rings. The predicted octanol–water partition coefficient (Wildman–Crippen LogP) is 2.60. The molecule has 1 unspecified atom stereocenters. The first kappa shape index (κ1) is 13.8. The summed E-state index contributed by atoms with van der Waals surface area (Å²) < 4.78 is 4.96. The minimum Gasteiger partial charge on any atom is -0.463 e. The minimum atomic E-state index is -0.273. The third kappa shape index (κ3) is 3.67. The van der Waals surface area contributed by atoms with Crippen molar-refractivity contribution in [1.29, 1.82) is 0 Å². The van der Waals surface area contributed by atoms with Crippen LogP contribution in [0.5, 0.6) is 0 Å². The van der Waals surface area contributed by atoms with Crippen molar-refractivity contribution in [1.82, 2.24) is 4.90 Å². The Morgan fingerprint density at radius 2 is 2.16 bits per heavy atom. The molecule has 1 aliphatic rings. The smallest absolute Gasteiger partial charge is 0.334 e. The number of benzene rings is 1. The van der Waals surface area contributed by atoms with E-state index in [9.17, 15) is 4.79 Å². The van der Waals surface area contributed by atoms with Crippen LogP contribution in [-0.2, 0) is 9.53 Å². The molecule has 1 heterocycles. The zero-order valence-electron chi connectivity index (χ0n) is 11.5. The van der Waals surface area contributed by atoms with Gasteiger partial charge in [0.25, 0.3) is 0 Å². The summed E-state index contributed by atoms with van der Waals surface area (Å²) in [7, 11) is 0. The second-order valence-electron chi connectivity index (χ2n) is 4.96. The number of rotatable bonds is 5. The highest BCUT2D eigenvalue weighted by Crippen LogP contribution is 2.27. The van der Waals surface area contributed by atoms with Crippen LogP contribution >= 0.6 is 0 Å². The molecule has 0 N–H and O–H groups in total. The number of hydrogen-bond donors (Lipinski definition) is 0. The summed E-state index contributed by atoms with van der Waals surface area (Å²) in [6, 6.07) is 10.5. The van der Waals surface area contributed by atoms with E-state index in [-0.39, 0.29) is 5.97 Å². The molecule has 1 aliphatic heterocycles. The first-order valence-corrected chi connectivity index (χ1v) is 6.83. The van der Waals surface area contributed by atoms with Crippen LogP contribution < -0.4 is 0 Å². The van der Waals surface area contributed by atoms with Gasteiger partial charge >= 0.3 is 5.97 Å². The zero-order valence-corrected chi connectivity index (χ0v) is 11.5. The topological polar surface area (TPSA) is 29.5 Å². The van der Waals surface area contributed by atoms with Gasteiger partial charge in [-0.2, -0.15) is 0 Å². The molecular weight excluding hydrogens is 238 g/mol. The van der Waals surface area contributed by atoms with E-state index >= 15 is 0 Å². The Kier molecular flexibility index (Phi) is 4.74. The molecule has 0 saturated carbocycles. The largest absolute Gasteiger partial charge is 0.463 e. The third-order valence-corrected chi connectivity index (χ3v) is 3.52. The highest BCUT2D eigenvalue weighted by Gasteiger charge is 2.25. The molecule has 1 saturated heterocycles. The Morgan fingerprint density at radius 1 is 1.42 bits per heavy atom. The highest BCUT2D eigenvalue weighted by atomic mass is 16.5. The Balaban J connectivity index is 1.86. The molecule has 3 heteroatoms. The number of carbonyl (C=O) groups excluding carboxylic acids is 1. The zero-order chi connectivity index (χ0) is 13.7. The van der Waals surface area contributed by atoms with Crippen LogP contribution in [-0.4, -0.2) is 37.1 Å². The van der Waals surface area contributed by atoms with Crippen LogP contribution in [0.2, 0.25) is 0 Å². The lowest BCUT2D eigenvalue weighted by molar-refractivity contribution is -0.138. The maximum Gasteiger partial charge on any atom is 0.334 e. The molecular formula is C16H21NO2. The van der Waals surface area contributed by atoms with Crippen molar-refractivity contribution in [3.8, 4) is 0 Å². The van der Waals surface area contributed by atoms with E-state index in [2.05, 4.69) is 35.7 Å². The van der Waals surface area contributed by atoms with Crippen molar-refractivity contribution in [2.24, 2.45) is 0 Å². The van der Waals surface area contributed by atoms with Crippen LogP contribution in [0, 0.1) is 0 Å². The van der Waals surface area contributed by atoms with Crippen molar-refractivity contribution in [2.45, 2.75) is 19.3 Å². The summed E-state index contributed by atoms with van der Waals surface area (Å²) in [6.07, 6.45) is 1.14. The molecule has 19 heavy (non-hydrogen) atoms. The average molecular weight is 259 g/mol. The molecule has 1 atom stereocenters. The first-order chi connectivity index (χ1) is 9.20. The number of likely N-dealkylation sites (tertiary alicyclic amines) is 1. The Morgan fingerprint density at radius 3 is 2.84 bits per heavy atom. The van der Waals surface area contributed by atoms with Gasteiger partial charge < -0.3 is 4.74 Å². The van der Waals surface area contributed by atoms with Gasteiger partial charge in [0.1, 0.15) is 0 Å². The molecule has 1 aromatic rings. The van der Waals surface area contributed by atoms with Gasteiger partial charge in [-0.3, -0.25) is 4.90 Å². The summed E-state index contributed by atoms with van der Waals surface area (Å²) in [4.78, 5) is 13.8. The molecule has 0 amide bonds. The maximum atomic E-state index is 11.5. The van der Waals surface area contributed by atoms with Crippen molar-refractivity contribution in [2.75, 3.05) is 26.2 Å². The predicted molar refractivity (Wildman–Crippen MR) is 76.0 cm³/mol. The number of nitrogens with zero attached hydrogens (tertiary/aromatic N) is 1. The molecule has 0 spiro atoms. The highest BCUT2D eigenvalue weighted by molar-refractivity contribution is 5.88. The summed E-state index contributed by atoms with van der Waals surface area (Å²) in [5.74, 6) is 0.293. The lowest BCUT2D eigenvalue weighted by Gasteiger charge is -2.17. The fourth-order valence-electron chi connectivity index (χ4n) is 2.54. The summed E-state index contributed by atoms with van der Waals surface area (Å²) in [5.41, 5.74) is 1.93. The van der Waals surface area contributed by atoms with Crippen molar-refractivity contribution in [3.63, 3.8) is 0 Å². The number of esters is 1. The van der Waals surface area contributed by atoms with Crippen molar-refractivity contribution < 1.29 is 9.53 Å². The molecule has 2 rings (SSSR count). The fourth-order valence-corrected chi connectivity index (χ4v) is 2.54. The molecule has 0 radical (unpaired) electrons. The number of ether oxygens (including phenoxy) is 1. The molecule has 3 nitrogen and oxygen atoms in total. The molecule has 0 aliphatic carbocycles. The fraction of sp³-hybridized carbons (Fsp3) is 0.438. The molecule has 1 aromatic carbocycles. The van der Waals surface area contributed by atoms with Crippen LogP contribution in [0.25, 0.3) is 0 Å². The quantitative estimate of drug-likeness (QED) is 0.601. The van der Waals surface area contributed by atoms with E-state index in [1.54, 1.807) is 0 Å². The van der Waals surface area contributed by atoms with Gasteiger partial charge in [-0.25, -0.2) is 4.79 Å². The SMILES string of the molecule is C=C(CN1CCC(c2ccccc2)C1)C(=O)OCC. The lowest BCUT2D eigenvalue weighted by atomic mass is 9.99. The Labute approximate surface area is 114 Å². The van der Waals surface area contributed by atoms with Crippen LogP contribution in [0.15, 0.2) is 42.5 Å². The van der Waals surface area contributed by atoms with Gasteiger partial charge in [-0.1, -0.05) is 36.9 Å². The van der Waals surface area contributed by atoms with Gasteiger partial charge in [0.15, 0.2) is 0 Å². The summed E-state index contributed by atoms with van der Waals surface area (Å²) in [6.45, 7) is 8.65. The summed E-state index contributed by atoms with van der Waals surface area (Å²) >= 11 is 0. The van der Waals surface area contributed by atoms with Gasteiger partial charge in [0, 0.05) is 18.7 Å². The molecule has 102 valence electrons. The molecule has 0 bridgehead atoms. The summed E-state index contributed by atoms with van der Waals surface area (Å²) in [5, 5.41) is 0. The Bertz CT molecular complexity index is 441. The van der Waals surface area contributed by atoms with E-state index in [0.717, 1.165) is 19.5 Å². The van der Waals surface area contributed by atoms with Gasteiger partial charge in [0.05, 0.1) is 6.61 Å². The Hall–Kier alpha value is -1.61. The monoisotopic (exact) mass is 259 g/mol. The van der Waals surface area contributed by atoms with E-state index in [0.29, 0.717) is 24.6 Å². The van der Waals surface area contributed by atoms with E-state index < -0.39 is 0 Å². The number of hydrogen-bond acceptors (Lipinski definition) is 3. The van der Waals surface area contributed by atoms with Crippen molar-refractivity contribution in [3.05, 3.63) is 48.0 Å².